The first-order valence-corrected chi connectivity index (χ1v) is 6.26. The summed E-state index contributed by atoms with van der Waals surface area (Å²) in [6, 6.07) is 8.30. The molecule has 2 rings (SSSR count). The minimum atomic E-state index is -0.397. The van der Waals surface area contributed by atoms with Crippen LogP contribution in [-0.2, 0) is 11.8 Å². The van der Waals surface area contributed by atoms with Gasteiger partial charge in [-0.2, -0.15) is 5.10 Å². The Balaban J connectivity index is 1.87. The molecule has 1 heterocycles. The monoisotopic (exact) mass is 292 g/mol. The summed E-state index contributed by atoms with van der Waals surface area (Å²) in [4.78, 5) is 23.5. The van der Waals surface area contributed by atoms with Crippen molar-refractivity contribution in [3.8, 4) is 0 Å². The molecule has 0 radical (unpaired) electrons. The molecular weight excluding hydrogens is 280 g/mol. The van der Waals surface area contributed by atoms with Crippen molar-refractivity contribution in [3.05, 3.63) is 47.1 Å². The summed E-state index contributed by atoms with van der Waals surface area (Å²) >= 11 is 5.89. The van der Waals surface area contributed by atoms with E-state index in [-0.39, 0.29) is 12.5 Å². The Morgan fingerprint density at radius 2 is 2.05 bits per heavy atom. The fourth-order valence-corrected chi connectivity index (χ4v) is 1.79. The summed E-state index contributed by atoms with van der Waals surface area (Å²) in [7, 11) is 1.74. The number of nitrogens with one attached hydrogen (secondary N) is 2. The molecule has 1 aromatic heterocycles. The van der Waals surface area contributed by atoms with Crippen LogP contribution in [0.25, 0.3) is 0 Å². The first kappa shape index (κ1) is 14.1. The van der Waals surface area contributed by atoms with E-state index in [1.165, 1.54) is 0 Å². The van der Waals surface area contributed by atoms with Gasteiger partial charge in [-0.15, -0.1) is 0 Å². The van der Waals surface area contributed by atoms with Gasteiger partial charge in [0, 0.05) is 19.3 Å². The highest BCUT2D eigenvalue weighted by Gasteiger charge is 2.11. The van der Waals surface area contributed by atoms with Crippen LogP contribution < -0.4 is 10.6 Å². The van der Waals surface area contributed by atoms with Gasteiger partial charge in [-0.1, -0.05) is 23.7 Å². The molecule has 0 saturated heterocycles. The maximum atomic E-state index is 11.8. The SMILES string of the molecule is Cn1ccc(NC(=O)CNC(=O)c2ccccc2Cl)n1. The quantitative estimate of drug-likeness (QED) is 0.895. The molecule has 0 aliphatic rings. The van der Waals surface area contributed by atoms with Crippen LogP contribution in [0.15, 0.2) is 36.5 Å². The predicted molar refractivity (Wildman–Crippen MR) is 75.6 cm³/mol. The van der Waals surface area contributed by atoms with Crippen LogP contribution in [0, 0.1) is 0 Å². The van der Waals surface area contributed by atoms with Crippen molar-refractivity contribution in [3.63, 3.8) is 0 Å². The molecular formula is C13H13ClN4O2. The largest absolute Gasteiger partial charge is 0.343 e. The van der Waals surface area contributed by atoms with E-state index < -0.39 is 5.91 Å². The topological polar surface area (TPSA) is 76.0 Å². The Morgan fingerprint density at radius 3 is 2.70 bits per heavy atom. The lowest BCUT2D eigenvalue weighted by atomic mass is 10.2. The van der Waals surface area contributed by atoms with Gasteiger partial charge in [0.1, 0.15) is 0 Å². The predicted octanol–water partition coefficient (Wildman–Crippen LogP) is 1.44. The maximum Gasteiger partial charge on any atom is 0.253 e. The van der Waals surface area contributed by atoms with Crippen molar-refractivity contribution in [2.75, 3.05) is 11.9 Å². The third-order valence-electron chi connectivity index (χ3n) is 2.51. The van der Waals surface area contributed by atoms with Crippen molar-refractivity contribution in [1.29, 1.82) is 0 Å². The molecule has 6 nitrogen and oxygen atoms in total. The number of amides is 2. The maximum absolute atomic E-state index is 11.8. The zero-order chi connectivity index (χ0) is 14.5. The second-order valence-electron chi connectivity index (χ2n) is 4.09. The number of carbonyl (C=O) groups is 2. The fourth-order valence-electron chi connectivity index (χ4n) is 1.57. The molecule has 1 aromatic carbocycles. The minimum absolute atomic E-state index is 0.152. The molecule has 0 saturated carbocycles. The Bertz CT molecular complexity index is 639. The number of aryl methyl sites for hydroxylation is 1. The number of benzene rings is 1. The average molecular weight is 293 g/mol. The van der Waals surface area contributed by atoms with Crippen LogP contribution in [0.2, 0.25) is 5.02 Å². The Morgan fingerprint density at radius 1 is 1.30 bits per heavy atom. The van der Waals surface area contributed by atoms with E-state index in [1.807, 2.05) is 0 Å². The molecule has 0 spiro atoms. The number of hydrogen-bond donors (Lipinski definition) is 2. The second-order valence-corrected chi connectivity index (χ2v) is 4.49. The normalized spacial score (nSPS) is 10.1. The highest BCUT2D eigenvalue weighted by Crippen LogP contribution is 2.14. The van der Waals surface area contributed by atoms with Gasteiger partial charge in [0.25, 0.3) is 5.91 Å². The summed E-state index contributed by atoms with van der Waals surface area (Å²) in [6.45, 7) is -0.152. The number of carbonyl (C=O) groups excluding carboxylic acids is 2. The smallest absolute Gasteiger partial charge is 0.253 e. The third-order valence-corrected chi connectivity index (χ3v) is 2.84. The van der Waals surface area contributed by atoms with E-state index >= 15 is 0 Å². The van der Waals surface area contributed by atoms with Crippen LogP contribution in [0.3, 0.4) is 0 Å². The molecule has 0 fully saturated rings. The molecule has 2 amide bonds. The van der Waals surface area contributed by atoms with Gasteiger partial charge in [0.2, 0.25) is 5.91 Å². The van der Waals surface area contributed by atoms with Crippen molar-refractivity contribution < 1.29 is 9.59 Å². The van der Waals surface area contributed by atoms with Crippen molar-refractivity contribution >= 4 is 29.2 Å². The van der Waals surface area contributed by atoms with Crippen molar-refractivity contribution in [1.82, 2.24) is 15.1 Å². The number of rotatable bonds is 4. The number of hydrogen-bond acceptors (Lipinski definition) is 3. The van der Waals surface area contributed by atoms with E-state index in [9.17, 15) is 9.59 Å². The van der Waals surface area contributed by atoms with Gasteiger partial charge in [-0.25, -0.2) is 0 Å². The standard InChI is InChI=1S/C13H13ClN4O2/c1-18-7-6-11(17-18)16-12(19)8-15-13(20)9-4-2-3-5-10(9)14/h2-7H,8H2,1H3,(H,15,20)(H,16,17,19). The van der Waals surface area contributed by atoms with Crippen molar-refractivity contribution in [2.24, 2.45) is 7.05 Å². The average Bonchev–Trinajstić information content (AvgIpc) is 2.82. The zero-order valence-corrected chi connectivity index (χ0v) is 11.5. The van der Waals surface area contributed by atoms with Crippen LogP contribution in [0.4, 0.5) is 5.82 Å². The molecule has 2 N–H and O–H groups in total. The molecule has 104 valence electrons. The van der Waals surface area contributed by atoms with Gasteiger partial charge in [-0.3, -0.25) is 14.3 Å². The number of anilines is 1. The summed E-state index contributed by atoms with van der Waals surface area (Å²) in [5.74, 6) is -0.319. The first-order valence-electron chi connectivity index (χ1n) is 5.88. The molecule has 0 atom stereocenters. The lowest BCUT2D eigenvalue weighted by Crippen LogP contribution is -2.33. The Kier molecular flexibility index (Phi) is 4.37. The van der Waals surface area contributed by atoms with Crippen LogP contribution >= 0.6 is 11.6 Å². The Labute approximate surface area is 120 Å². The fraction of sp³-hybridized carbons (Fsp3) is 0.154. The molecule has 0 aliphatic carbocycles. The van der Waals surface area contributed by atoms with Gasteiger partial charge >= 0.3 is 0 Å². The third kappa shape index (κ3) is 3.58. The number of nitrogens with zero attached hydrogens (tertiary/aromatic N) is 2. The second kappa shape index (κ2) is 6.21. The summed E-state index contributed by atoms with van der Waals surface area (Å²) in [5, 5.41) is 9.41. The molecule has 7 heteroatoms. The van der Waals surface area contributed by atoms with Gasteiger partial charge in [0.05, 0.1) is 17.1 Å². The summed E-state index contributed by atoms with van der Waals surface area (Å²) in [6.07, 6.45) is 1.71. The van der Waals surface area contributed by atoms with E-state index in [4.69, 9.17) is 11.6 Å². The number of halogens is 1. The van der Waals surface area contributed by atoms with E-state index in [2.05, 4.69) is 15.7 Å². The molecule has 0 unspecified atom stereocenters. The highest BCUT2D eigenvalue weighted by molar-refractivity contribution is 6.33. The van der Waals surface area contributed by atoms with Gasteiger partial charge < -0.3 is 10.6 Å². The molecule has 2 aromatic rings. The molecule has 20 heavy (non-hydrogen) atoms. The van der Waals surface area contributed by atoms with Gasteiger partial charge in [-0.05, 0) is 12.1 Å². The molecule has 0 bridgehead atoms. The summed E-state index contributed by atoms with van der Waals surface area (Å²) in [5.41, 5.74) is 0.333. The van der Waals surface area contributed by atoms with Gasteiger partial charge in [0.15, 0.2) is 5.82 Å². The minimum Gasteiger partial charge on any atom is -0.343 e. The van der Waals surface area contributed by atoms with Crippen LogP contribution in [0.5, 0.6) is 0 Å². The highest BCUT2D eigenvalue weighted by atomic mass is 35.5. The molecule has 0 aliphatic heterocycles. The Hall–Kier alpha value is -2.34. The van der Waals surface area contributed by atoms with E-state index in [0.717, 1.165) is 0 Å². The lowest BCUT2D eigenvalue weighted by Gasteiger charge is -2.06. The van der Waals surface area contributed by atoms with Crippen LogP contribution in [0.1, 0.15) is 10.4 Å². The van der Waals surface area contributed by atoms with E-state index in [0.29, 0.717) is 16.4 Å². The van der Waals surface area contributed by atoms with Crippen LogP contribution in [-0.4, -0.2) is 28.1 Å². The first-order chi connectivity index (χ1) is 9.56. The summed E-state index contributed by atoms with van der Waals surface area (Å²) < 4.78 is 1.57. The lowest BCUT2D eigenvalue weighted by molar-refractivity contribution is -0.115. The number of aromatic nitrogens is 2. The zero-order valence-electron chi connectivity index (χ0n) is 10.8. The van der Waals surface area contributed by atoms with Crippen molar-refractivity contribution in [2.45, 2.75) is 0 Å². The van der Waals surface area contributed by atoms with E-state index in [1.54, 1.807) is 48.3 Å².